The van der Waals surface area contributed by atoms with Crippen LogP contribution in [0.5, 0.6) is 0 Å². The van der Waals surface area contributed by atoms with Crippen LogP contribution in [-0.2, 0) is 27.9 Å². The van der Waals surface area contributed by atoms with Gasteiger partial charge in [-0.2, -0.15) is 0 Å². The first-order chi connectivity index (χ1) is 25.4. The third-order valence-electron chi connectivity index (χ3n) is 9.91. The molecule has 52 heavy (non-hydrogen) atoms. The second-order valence-electron chi connectivity index (χ2n) is 15.1. The molecule has 8 nitrogen and oxygen atoms in total. The molecule has 0 unspecified atom stereocenters. The molecule has 0 heterocycles. The van der Waals surface area contributed by atoms with E-state index in [1.54, 1.807) is 0 Å². The summed E-state index contributed by atoms with van der Waals surface area (Å²) in [5.41, 5.74) is 0. The summed E-state index contributed by atoms with van der Waals surface area (Å²) in [5.74, 6) is -0.416. The van der Waals surface area contributed by atoms with Crippen LogP contribution >= 0.6 is 7.60 Å². The minimum absolute atomic E-state index is 0.0916. The summed E-state index contributed by atoms with van der Waals surface area (Å²) in [6.45, 7) is 7.78. The Morgan fingerprint density at radius 2 is 0.731 bits per heavy atom. The first-order valence-electron chi connectivity index (χ1n) is 22.4. The zero-order valence-electron chi connectivity index (χ0n) is 34.9. The summed E-state index contributed by atoms with van der Waals surface area (Å²) in [6.07, 6.45) is 39.5. The molecule has 0 saturated carbocycles. The second-order valence-corrected chi connectivity index (χ2v) is 17.3. The van der Waals surface area contributed by atoms with E-state index in [9.17, 15) is 14.6 Å². The van der Waals surface area contributed by atoms with Crippen LogP contribution in [0.4, 0.5) is 0 Å². The minimum atomic E-state index is -3.35. The van der Waals surface area contributed by atoms with Gasteiger partial charge >= 0.3 is 7.60 Å². The van der Waals surface area contributed by atoms with E-state index in [1.807, 2.05) is 0 Å². The van der Waals surface area contributed by atoms with E-state index in [0.29, 0.717) is 50.8 Å². The Bertz CT molecular complexity index is 724. The Morgan fingerprint density at radius 1 is 0.442 bits per heavy atom. The van der Waals surface area contributed by atoms with Crippen molar-refractivity contribution in [1.29, 1.82) is 0 Å². The fraction of sp³-hybridized carbons (Fsp3) is 0.977. The molecule has 0 radical (unpaired) electrons. The Kier molecular flexibility index (Phi) is 41.3. The quantitative estimate of drug-likeness (QED) is 0.0286. The number of carbonyl (C=O) groups excluding carboxylic acids is 1. The Balaban J connectivity index is 3.85. The van der Waals surface area contributed by atoms with Gasteiger partial charge in [-0.25, -0.2) is 5.06 Å². The molecule has 1 N–H and O–H groups in total. The van der Waals surface area contributed by atoms with Crippen molar-refractivity contribution >= 4 is 13.5 Å². The maximum atomic E-state index is 13.4. The number of carbonyl (C=O) groups is 1. The zero-order valence-corrected chi connectivity index (χ0v) is 35.8. The number of hydroxylamine groups is 2. The van der Waals surface area contributed by atoms with Crippen LogP contribution in [0.25, 0.3) is 0 Å². The summed E-state index contributed by atoms with van der Waals surface area (Å²) in [6, 6.07) is 0. The SMILES string of the molecule is CCCCCCCCCCCCCCCCOCCCOP(=O)(CCCC(=O)N(C)O)OCCCOCCCCCCCCCCCCCCCC. The molecule has 0 bridgehead atoms. The summed E-state index contributed by atoms with van der Waals surface area (Å²) in [7, 11) is -2.06. The summed E-state index contributed by atoms with van der Waals surface area (Å²) in [5, 5.41) is 9.90. The Hall–Kier alpha value is -0.500. The van der Waals surface area contributed by atoms with Crippen molar-refractivity contribution in [1.82, 2.24) is 5.06 Å². The average molecular weight is 762 g/mol. The van der Waals surface area contributed by atoms with Crippen molar-refractivity contribution in [2.75, 3.05) is 52.9 Å². The van der Waals surface area contributed by atoms with Crippen molar-refractivity contribution in [2.24, 2.45) is 0 Å². The predicted octanol–water partition coefficient (Wildman–Crippen LogP) is 13.6. The van der Waals surface area contributed by atoms with Crippen molar-refractivity contribution in [2.45, 2.75) is 219 Å². The van der Waals surface area contributed by atoms with Gasteiger partial charge in [0.15, 0.2) is 0 Å². The van der Waals surface area contributed by atoms with Gasteiger partial charge < -0.3 is 18.5 Å². The largest absolute Gasteiger partial charge is 0.381 e. The molecule has 0 spiro atoms. The smallest absolute Gasteiger partial charge is 0.330 e. The van der Waals surface area contributed by atoms with Crippen LogP contribution in [0, 0.1) is 0 Å². The maximum absolute atomic E-state index is 13.4. The molecule has 0 rings (SSSR count). The van der Waals surface area contributed by atoms with Crippen LogP contribution in [0.15, 0.2) is 0 Å². The molecule has 0 aromatic rings. The first kappa shape index (κ1) is 51.5. The molecule has 1 amide bonds. The van der Waals surface area contributed by atoms with Gasteiger partial charge in [-0.1, -0.05) is 181 Å². The number of nitrogens with zero attached hydrogens (tertiary/aromatic N) is 1. The molecule has 0 aliphatic rings. The van der Waals surface area contributed by atoms with Crippen LogP contribution in [0.3, 0.4) is 0 Å². The Morgan fingerprint density at radius 3 is 1.04 bits per heavy atom. The van der Waals surface area contributed by atoms with Crippen molar-refractivity contribution < 1.29 is 33.1 Å². The number of hydrogen-bond donors (Lipinski definition) is 1. The van der Waals surface area contributed by atoms with E-state index in [0.717, 1.165) is 26.1 Å². The highest BCUT2D eigenvalue weighted by Crippen LogP contribution is 2.49. The summed E-state index contributed by atoms with van der Waals surface area (Å²) < 4.78 is 36.5. The average Bonchev–Trinajstić information content (AvgIpc) is 3.13. The molecular formula is C43H88NO7P. The lowest BCUT2D eigenvalue weighted by Gasteiger charge is -2.19. The molecule has 0 aliphatic heterocycles. The molecule has 0 aromatic carbocycles. The minimum Gasteiger partial charge on any atom is -0.381 e. The zero-order chi connectivity index (χ0) is 38.1. The van der Waals surface area contributed by atoms with E-state index in [4.69, 9.17) is 18.5 Å². The van der Waals surface area contributed by atoms with E-state index in [-0.39, 0.29) is 12.6 Å². The van der Waals surface area contributed by atoms with E-state index in [1.165, 1.54) is 174 Å². The van der Waals surface area contributed by atoms with Gasteiger partial charge in [0, 0.05) is 39.9 Å². The topological polar surface area (TPSA) is 94.5 Å². The van der Waals surface area contributed by atoms with Gasteiger partial charge in [-0.3, -0.25) is 14.6 Å². The molecule has 0 fully saturated rings. The fourth-order valence-electron chi connectivity index (χ4n) is 6.48. The molecule has 0 aromatic heterocycles. The van der Waals surface area contributed by atoms with Crippen LogP contribution in [-0.4, -0.2) is 69.0 Å². The predicted molar refractivity (Wildman–Crippen MR) is 220 cm³/mol. The fourth-order valence-corrected chi connectivity index (χ4v) is 8.18. The maximum Gasteiger partial charge on any atom is 0.330 e. The van der Waals surface area contributed by atoms with Crippen molar-refractivity contribution in [3.05, 3.63) is 0 Å². The number of unbranched alkanes of at least 4 members (excludes halogenated alkanes) is 26. The normalized spacial score (nSPS) is 11.8. The molecule has 0 aliphatic carbocycles. The van der Waals surface area contributed by atoms with E-state index in [2.05, 4.69) is 13.8 Å². The van der Waals surface area contributed by atoms with Crippen LogP contribution in [0.1, 0.15) is 219 Å². The van der Waals surface area contributed by atoms with Gasteiger partial charge in [0.25, 0.3) is 0 Å². The first-order valence-corrected chi connectivity index (χ1v) is 24.2. The standard InChI is InChI=1S/C43H88NO7P/c1-4-6-8-10-12-14-16-18-20-22-24-26-28-30-36-48-38-33-40-50-52(47,42-32-35-43(45)44(3)46)51-41-34-39-49-37-31-29-27-25-23-21-19-17-15-13-11-9-7-5-2/h46H,4-42H2,1-3H3. The van der Waals surface area contributed by atoms with Crippen LogP contribution in [0.2, 0.25) is 0 Å². The molecule has 9 heteroatoms. The van der Waals surface area contributed by atoms with Gasteiger partial charge in [-0.15, -0.1) is 0 Å². The third-order valence-corrected chi connectivity index (χ3v) is 11.9. The molecular weight excluding hydrogens is 673 g/mol. The number of hydrogen-bond acceptors (Lipinski definition) is 7. The molecule has 312 valence electrons. The highest BCUT2D eigenvalue weighted by Gasteiger charge is 2.25. The van der Waals surface area contributed by atoms with E-state index >= 15 is 0 Å². The monoisotopic (exact) mass is 762 g/mol. The van der Waals surface area contributed by atoms with Gasteiger partial charge in [0.1, 0.15) is 0 Å². The lowest BCUT2D eigenvalue weighted by atomic mass is 10.0. The van der Waals surface area contributed by atoms with Gasteiger partial charge in [-0.05, 0) is 32.1 Å². The van der Waals surface area contributed by atoms with Crippen molar-refractivity contribution in [3.63, 3.8) is 0 Å². The van der Waals surface area contributed by atoms with Gasteiger partial charge in [0.2, 0.25) is 5.91 Å². The number of ether oxygens (including phenoxy) is 2. The van der Waals surface area contributed by atoms with Crippen LogP contribution < -0.4 is 0 Å². The molecule has 0 saturated heterocycles. The lowest BCUT2D eigenvalue weighted by molar-refractivity contribution is -0.159. The van der Waals surface area contributed by atoms with Gasteiger partial charge in [0.05, 0.1) is 19.4 Å². The highest BCUT2D eigenvalue weighted by atomic mass is 31.2. The second kappa shape index (κ2) is 41.7. The Labute approximate surface area is 323 Å². The summed E-state index contributed by atoms with van der Waals surface area (Å²) >= 11 is 0. The molecule has 0 atom stereocenters. The lowest BCUT2D eigenvalue weighted by Crippen LogP contribution is -2.22. The number of rotatable bonds is 44. The van der Waals surface area contributed by atoms with Crippen molar-refractivity contribution in [3.8, 4) is 0 Å². The highest BCUT2D eigenvalue weighted by molar-refractivity contribution is 7.53. The van der Waals surface area contributed by atoms with E-state index < -0.39 is 13.5 Å². The number of amides is 1. The third kappa shape index (κ3) is 39.2. The summed E-state index contributed by atoms with van der Waals surface area (Å²) in [4.78, 5) is 11.8.